The number of hydrogen-bond acceptors (Lipinski definition) is 4. The van der Waals surface area contributed by atoms with Gasteiger partial charge in [0.15, 0.2) is 0 Å². The first-order valence-electron chi connectivity index (χ1n) is 10.9. The fourth-order valence-electron chi connectivity index (χ4n) is 3.52. The van der Waals surface area contributed by atoms with Gasteiger partial charge in [-0.15, -0.1) is 0 Å². The highest BCUT2D eigenvalue weighted by Crippen LogP contribution is 2.30. The molecule has 0 amide bonds. The van der Waals surface area contributed by atoms with Gasteiger partial charge in [0.2, 0.25) is 0 Å². The Hall–Kier alpha value is -1.61. The summed E-state index contributed by atoms with van der Waals surface area (Å²) >= 11 is 0. The van der Waals surface area contributed by atoms with Gasteiger partial charge in [-0.3, -0.25) is 4.79 Å². The molecule has 0 aromatic carbocycles. The van der Waals surface area contributed by atoms with Crippen molar-refractivity contribution in [3.05, 3.63) is 41.9 Å². The minimum Gasteiger partial charge on any atom is -0.484 e. The van der Waals surface area contributed by atoms with Gasteiger partial charge in [0.1, 0.15) is 17.6 Å². The summed E-state index contributed by atoms with van der Waals surface area (Å²) in [6, 6.07) is 0. The summed E-state index contributed by atoms with van der Waals surface area (Å²) in [6.45, 7) is 6.10. The number of carbonyl (C=O) groups is 1. The van der Waals surface area contributed by atoms with E-state index in [1.54, 1.807) is 0 Å². The minimum absolute atomic E-state index is 0.0213. The second-order valence-electron chi connectivity index (χ2n) is 7.61. The highest BCUT2D eigenvalue weighted by atomic mass is 16.5. The molecule has 0 aromatic heterocycles. The maximum Gasteiger partial charge on any atom is 0.150 e. The number of rotatable bonds is 14. The summed E-state index contributed by atoms with van der Waals surface area (Å²) in [5, 5.41) is 9.69. The van der Waals surface area contributed by atoms with Gasteiger partial charge in [0.05, 0.1) is 13.2 Å². The number of unbranched alkanes of at least 4 members (excludes halogenated alkanes) is 4. The first kappa shape index (κ1) is 24.4. The zero-order valence-electron chi connectivity index (χ0n) is 17.6. The molecule has 2 atom stereocenters. The Balaban J connectivity index is 2.46. The molecule has 2 unspecified atom stereocenters. The average molecular weight is 390 g/mol. The van der Waals surface area contributed by atoms with Crippen LogP contribution in [-0.2, 0) is 9.53 Å². The third-order valence-corrected chi connectivity index (χ3v) is 5.25. The molecule has 0 aromatic rings. The zero-order valence-corrected chi connectivity index (χ0v) is 17.6. The van der Waals surface area contributed by atoms with Crippen molar-refractivity contribution >= 4 is 5.78 Å². The molecule has 0 aliphatic heterocycles. The standard InChI is InChI=1S/C24H39NO3/c1-3-5-6-7-8-9-10-14-23(19-26)28-24(4-2)21-13-11-12-20(15-16-21)17-22(27)18-25/h9-10,12,21,23,26H,2-3,5-8,11,13-19,25H2,1H3/b10-9+. The van der Waals surface area contributed by atoms with Gasteiger partial charge in [-0.25, -0.2) is 0 Å². The topological polar surface area (TPSA) is 72.5 Å². The van der Waals surface area contributed by atoms with Crippen LogP contribution in [0.2, 0.25) is 0 Å². The molecule has 0 bridgehead atoms. The van der Waals surface area contributed by atoms with Crippen LogP contribution in [0.4, 0.5) is 0 Å². The van der Waals surface area contributed by atoms with Crippen molar-refractivity contribution in [1.29, 1.82) is 0 Å². The van der Waals surface area contributed by atoms with E-state index in [1.807, 2.05) is 0 Å². The molecule has 1 aliphatic carbocycles. The molecule has 0 spiro atoms. The van der Waals surface area contributed by atoms with E-state index in [1.165, 1.54) is 31.3 Å². The maximum atomic E-state index is 11.6. The molecular weight excluding hydrogens is 350 g/mol. The van der Waals surface area contributed by atoms with Gasteiger partial charge in [-0.05, 0) is 38.5 Å². The number of nitrogens with two attached hydrogens (primary N) is 1. The van der Waals surface area contributed by atoms with Crippen LogP contribution in [0, 0.1) is 5.92 Å². The summed E-state index contributed by atoms with van der Waals surface area (Å²) in [7, 11) is 0. The van der Waals surface area contributed by atoms with Gasteiger partial charge in [0, 0.05) is 18.8 Å². The van der Waals surface area contributed by atoms with Crippen LogP contribution in [0.15, 0.2) is 41.9 Å². The van der Waals surface area contributed by atoms with Crippen LogP contribution < -0.4 is 5.73 Å². The van der Waals surface area contributed by atoms with Crippen molar-refractivity contribution in [3.63, 3.8) is 0 Å². The first-order chi connectivity index (χ1) is 13.6. The average Bonchev–Trinajstić information content (AvgIpc) is 2.95. The second kappa shape index (κ2) is 15.3. The van der Waals surface area contributed by atoms with Crippen LogP contribution in [0.5, 0.6) is 0 Å². The lowest BCUT2D eigenvalue weighted by molar-refractivity contribution is -0.117. The Bertz CT molecular complexity index is 558. The molecule has 1 aliphatic rings. The van der Waals surface area contributed by atoms with Crippen LogP contribution in [0.1, 0.15) is 77.6 Å². The van der Waals surface area contributed by atoms with E-state index in [9.17, 15) is 9.90 Å². The van der Waals surface area contributed by atoms with Crippen LogP contribution in [0.25, 0.3) is 0 Å². The molecule has 4 heteroatoms. The van der Waals surface area contributed by atoms with E-state index in [0.717, 1.165) is 37.9 Å². The lowest BCUT2D eigenvalue weighted by Crippen LogP contribution is -2.19. The quantitative estimate of drug-likeness (QED) is 0.190. The van der Waals surface area contributed by atoms with Gasteiger partial charge in [0.25, 0.3) is 0 Å². The highest BCUT2D eigenvalue weighted by molar-refractivity contribution is 5.82. The van der Waals surface area contributed by atoms with Crippen LogP contribution in [-0.4, -0.2) is 30.1 Å². The van der Waals surface area contributed by atoms with Crippen molar-refractivity contribution < 1.29 is 14.6 Å². The van der Waals surface area contributed by atoms with Crippen molar-refractivity contribution in [3.8, 4) is 0 Å². The van der Waals surface area contributed by atoms with Crippen molar-refractivity contribution in [2.45, 2.75) is 83.7 Å². The van der Waals surface area contributed by atoms with Gasteiger partial charge < -0.3 is 15.6 Å². The highest BCUT2D eigenvalue weighted by Gasteiger charge is 2.21. The Kier molecular flexibility index (Phi) is 13.4. The molecule has 1 rings (SSSR count). The third-order valence-electron chi connectivity index (χ3n) is 5.25. The van der Waals surface area contributed by atoms with Crippen molar-refractivity contribution in [2.24, 2.45) is 11.7 Å². The normalized spacial score (nSPS) is 18.2. The van der Waals surface area contributed by atoms with E-state index in [-0.39, 0.29) is 31.0 Å². The number of carbonyl (C=O) groups excluding carboxylic acids is 1. The molecule has 28 heavy (non-hydrogen) atoms. The number of allylic oxidation sites excluding steroid dienone is 4. The SMILES string of the molecule is C=C=C(OC(CO)C/C=C/CCCCCC)C1CCC=C(CC(=O)CN)CC1. The Morgan fingerprint density at radius 2 is 2.21 bits per heavy atom. The van der Waals surface area contributed by atoms with Crippen molar-refractivity contribution in [2.75, 3.05) is 13.2 Å². The van der Waals surface area contributed by atoms with Crippen LogP contribution in [0.3, 0.4) is 0 Å². The maximum absolute atomic E-state index is 11.6. The number of aliphatic hydroxyl groups excluding tert-OH is 1. The van der Waals surface area contributed by atoms with E-state index in [4.69, 9.17) is 10.5 Å². The zero-order chi connectivity index (χ0) is 20.6. The predicted molar refractivity (Wildman–Crippen MR) is 116 cm³/mol. The summed E-state index contributed by atoms with van der Waals surface area (Å²) in [6.07, 6.45) is 17.1. The summed E-state index contributed by atoms with van der Waals surface area (Å²) in [5.74, 6) is 1.06. The summed E-state index contributed by atoms with van der Waals surface area (Å²) < 4.78 is 6.06. The summed E-state index contributed by atoms with van der Waals surface area (Å²) in [4.78, 5) is 11.6. The number of ketones is 1. The van der Waals surface area contributed by atoms with Crippen LogP contribution >= 0.6 is 0 Å². The number of aliphatic hydroxyl groups is 1. The minimum atomic E-state index is -0.259. The fraction of sp³-hybridized carbons (Fsp3) is 0.667. The summed E-state index contributed by atoms with van der Waals surface area (Å²) in [5.41, 5.74) is 9.55. The first-order valence-corrected chi connectivity index (χ1v) is 10.9. The monoisotopic (exact) mass is 389 g/mol. The van der Waals surface area contributed by atoms with Gasteiger partial charge in [-0.1, -0.05) is 62.3 Å². The number of ether oxygens (including phenoxy) is 1. The van der Waals surface area contributed by atoms with Gasteiger partial charge >= 0.3 is 0 Å². The van der Waals surface area contributed by atoms with E-state index in [0.29, 0.717) is 12.8 Å². The van der Waals surface area contributed by atoms with Gasteiger partial charge in [-0.2, -0.15) is 0 Å². The molecular formula is C24H39NO3. The smallest absolute Gasteiger partial charge is 0.150 e. The predicted octanol–water partition coefficient (Wildman–Crippen LogP) is 4.98. The Morgan fingerprint density at radius 1 is 1.39 bits per heavy atom. The lowest BCUT2D eigenvalue weighted by atomic mass is 9.96. The number of Topliss-reactive ketones (excluding diaryl/α,β-unsaturated/α-hetero) is 1. The van der Waals surface area contributed by atoms with E-state index >= 15 is 0 Å². The van der Waals surface area contributed by atoms with E-state index < -0.39 is 0 Å². The molecule has 0 saturated carbocycles. The molecule has 0 radical (unpaired) electrons. The second-order valence-corrected chi connectivity index (χ2v) is 7.61. The molecule has 158 valence electrons. The molecule has 0 fully saturated rings. The van der Waals surface area contributed by atoms with E-state index in [2.05, 4.69) is 37.5 Å². The molecule has 0 heterocycles. The largest absolute Gasteiger partial charge is 0.484 e. The molecule has 0 saturated heterocycles. The number of hydrogen-bond donors (Lipinski definition) is 2. The van der Waals surface area contributed by atoms with Crippen molar-refractivity contribution in [1.82, 2.24) is 0 Å². The molecule has 3 N–H and O–H groups in total. The lowest BCUT2D eigenvalue weighted by Gasteiger charge is -2.22. The Morgan fingerprint density at radius 3 is 2.89 bits per heavy atom. The fourth-order valence-corrected chi connectivity index (χ4v) is 3.52. The molecule has 4 nitrogen and oxygen atoms in total. The third kappa shape index (κ3) is 10.1. The Labute approximate surface area is 171 Å².